The molecule has 2 saturated heterocycles. The van der Waals surface area contributed by atoms with Crippen LogP contribution in [0.1, 0.15) is 31.2 Å². The van der Waals surface area contributed by atoms with Crippen LogP contribution in [0.4, 0.5) is 5.69 Å². The molecule has 3 rings (SSSR count). The quantitative estimate of drug-likeness (QED) is 0.895. The van der Waals surface area contributed by atoms with Crippen LogP contribution in [0.5, 0.6) is 0 Å². The summed E-state index contributed by atoms with van der Waals surface area (Å²) in [7, 11) is 0. The molecule has 1 unspecified atom stereocenters. The van der Waals surface area contributed by atoms with Crippen LogP contribution >= 0.6 is 11.8 Å². The molecule has 1 aromatic rings. The van der Waals surface area contributed by atoms with Crippen LogP contribution in [0.2, 0.25) is 0 Å². The Morgan fingerprint density at radius 2 is 1.91 bits per heavy atom. The first kappa shape index (κ1) is 15.8. The molecule has 4 nitrogen and oxygen atoms in total. The topological polar surface area (TPSA) is 44.4 Å². The minimum atomic E-state index is -0.0539. The van der Waals surface area contributed by atoms with Crippen LogP contribution in [0.15, 0.2) is 24.3 Å². The van der Waals surface area contributed by atoms with Crippen molar-refractivity contribution in [2.45, 2.75) is 38.3 Å². The van der Waals surface area contributed by atoms with Gasteiger partial charge in [0.15, 0.2) is 0 Å². The third-order valence-electron chi connectivity index (χ3n) is 4.36. The van der Waals surface area contributed by atoms with Crippen LogP contribution in [0, 0.1) is 0 Å². The van der Waals surface area contributed by atoms with Crippen molar-refractivity contribution in [3.8, 4) is 0 Å². The van der Waals surface area contributed by atoms with E-state index >= 15 is 0 Å². The highest BCUT2D eigenvalue weighted by Crippen LogP contribution is 2.16. The number of carbonyl (C=O) groups excluding carboxylic acids is 1. The smallest absolute Gasteiger partial charge is 0.242 e. The molecule has 1 atom stereocenters. The summed E-state index contributed by atoms with van der Waals surface area (Å²) in [5, 5.41) is 6.19. The minimum absolute atomic E-state index is 0.0539. The second-order valence-electron chi connectivity index (χ2n) is 6.15. The van der Waals surface area contributed by atoms with Gasteiger partial charge in [-0.2, -0.15) is 0 Å². The van der Waals surface area contributed by atoms with Gasteiger partial charge >= 0.3 is 0 Å². The summed E-state index contributed by atoms with van der Waals surface area (Å²) in [6, 6.07) is 8.26. The summed E-state index contributed by atoms with van der Waals surface area (Å²) < 4.78 is 0. The number of hydrogen-bond donors (Lipinski definition) is 2. The van der Waals surface area contributed by atoms with Gasteiger partial charge in [0.2, 0.25) is 5.91 Å². The second-order valence-corrected chi connectivity index (χ2v) is 7.18. The Morgan fingerprint density at radius 3 is 2.55 bits per heavy atom. The number of hydrogen-bond acceptors (Lipinski definition) is 4. The number of carbonyl (C=O) groups is 1. The van der Waals surface area contributed by atoms with E-state index in [-0.39, 0.29) is 11.9 Å². The van der Waals surface area contributed by atoms with Crippen molar-refractivity contribution < 1.29 is 4.79 Å². The van der Waals surface area contributed by atoms with Gasteiger partial charge in [0.25, 0.3) is 0 Å². The summed E-state index contributed by atoms with van der Waals surface area (Å²) in [5.74, 6) is 1.80. The Hall–Kier alpha value is -1.04. The van der Waals surface area contributed by atoms with Crippen LogP contribution in [-0.2, 0) is 11.3 Å². The zero-order valence-electron chi connectivity index (χ0n) is 13.0. The Labute approximate surface area is 137 Å². The minimum Gasteiger partial charge on any atom is -0.325 e. The Morgan fingerprint density at radius 1 is 1.18 bits per heavy atom. The molecule has 0 radical (unpaired) electrons. The summed E-state index contributed by atoms with van der Waals surface area (Å²) >= 11 is 1.77. The lowest BCUT2D eigenvalue weighted by atomic mass is 10.2. The highest BCUT2D eigenvalue weighted by atomic mass is 32.2. The maximum absolute atomic E-state index is 12.1. The van der Waals surface area contributed by atoms with Gasteiger partial charge in [-0.25, -0.2) is 0 Å². The van der Waals surface area contributed by atoms with E-state index < -0.39 is 0 Å². The lowest BCUT2D eigenvalue weighted by Gasteiger charge is -2.20. The molecule has 1 amide bonds. The molecule has 0 aliphatic carbocycles. The number of nitrogens with one attached hydrogen (secondary N) is 2. The van der Waals surface area contributed by atoms with E-state index in [2.05, 4.69) is 27.7 Å². The number of nitrogens with zero attached hydrogens (tertiary/aromatic N) is 1. The third-order valence-corrected chi connectivity index (χ3v) is 5.30. The fraction of sp³-hybridized carbons (Fsp3) is 0.588. The number of likely N-dealkylation sites (tertiary alicyclic amines) is 1. The standard InChI is InChI=1S/C17H25N3OS/c21-17(16-12-22-13-18-16)19-15-7-5-14(6-8-15)11-20-9-3-1-2-4-10-20/h5-8,16,18H,1-4,9-13H2,(H,19,21). The first-order chi connectivity index (χ1) is 10.8. The van der Waals surface area contributed by atoms with Gasteiger partial charge < -0.3 is 5.32 Å². The summed E-state index contributed by atoms with van der Waals surface area (Å²) in [6.45, 7) is 3.45. The van der Waals surface area contributed by atoms with E-state index in [9.17, 15) is 4.79 Å². The Kier molecular flexibility index (Phi) is 5.76. The normalized spacial score (nSPS) is 23.2. The van der Waals surface area contributed by atoms with E-state index in [1.54, 1.807) is 11.8 Å². The summed E-state index contributed by atoms with van der Waals surface area (Å²) in [6.07, 6.45) is 5.38. The van der Waals surface area contributed by atoms with Crippen LogP contribution < -0.4 is 10.6 Å². The molecular formula is C17H25N3OS. The van der Waals surface area contributed by atoms with E-state index in [1.165, 1.54) is 44.3 Å². The van der Waals surface area contributed by atoms with E-state index in [1.807, 2.05) is 12.1 Å². The van der Waals surface area contributed by atoms with Crippen molar-refractivity contribution in [1.29, 1.82) is 0 Å². The first-order valence-electron chi connectivity index (χ1n) is 8.24. The second kappa shape index (κ2) is 7.99. The SMILES string of the molecule is O=C(Nc1ccc(CN2CCCCCC2)cc1)C1CSCN1. The van der Waals surface area contributed by atoms with E-state index in [0.29, 0.717) is 0 Å². The number of rotatable bonds is 4. The lowest BCUT2D eigenvalue weighted by Crippen LogP contribution is -2.37. The predicted octanol–water partition coefficient (Wildman–Crippen LogP) is 2.66. The van der Waals surface area contributed by atoms with Crippen molar-refractivity contribution in [3.05, 3.63) is 29.8 Å². The third kappa shape index (κ3) is 4.48. The molecule has 2 fully saturated rings. The molecular weight excluding hydrogens is 294 g/mol. The van der Waals surface area contributed by atoms with Crippen LogP contribution in [0.3, 0.4) is 0 Å². The van der Waals surface area contributed by atoms with Gasteiger partial charge in [-0.15, -0.1) is 11.8 Å². The zero-order chi connectivity index (χ0) is 15.2. The predicted molar refractivity (Wildman–Crippen MR) is 93.1 cm³/mol. The average Bonchev–Trinajstić information content (AvgIpc) is 2.95. The highest BCUT2D eigenvalue weighted by molar-refractivity contribution is 7.99. The van der Waals surface area contributed by atoms with Gasteiger partial charge in [0.1, 0.15) is 0 Å². The molecule has 2 aliphatic rings. The zero-order valence-corrected chi connectivity index (χ0v) is 13.8. The molecule has 0 bridgehead atoms. The maximum atomic E-state index is 12.1. The van der Waals surface area contributed by atoms with E-state index in [4.69, 9.17) is 0 Å². The maximum Gasteiger partial charge on any atom is 0.242 e. The molecule has 120 valence electrons. The molecule has 2 heterocycles. The molecule has 0 spiro atoms. The molecule has 22 heavy (non-hydrogen) atoms. The molecule has 1 aromatic carbocycles. The van der Waals surface area contributed by atoms with Crippen molar-refractivity contribution in [3.63, 3.8) is 0 Å². The van der Waals surface area contributed by atoms with Gasteiger partial charge in [-0.1, -0.05) is 25.0 Å². The molecule has 2 aliphatic heterocycles. The number of thioether (sulfide) groups is 1. The summed E-state index contributed by atoms with van der Waals surface area (Å²) in [5.41, 5.74) is 2.22. The van der Waals surface area contributed by atoms with Gasteiger partial charge in [0, 0.05) is 23.9 Å². The average molecular weight is 319 g/mol. The van der Waals surface area contributed by atoms with E-state index in [0.717, 1.165) is 23.9 Å². The summed E-state index contributed by atoms with van der Waals surface area (Å²) in [4.78, 5) is 14.6. The monoisotopic (exact) mass is 319 g/mol. The van der Waals surface area contributed by atoms with Crippen molar-refractivity contribution in [2.75, 3.05) is 30.0 Å². The Bertz CT molecular complexity index is 477. The lowest BCUT2D eigenvalue weighted by molar-refractivity contribution is -0.117. The van der Waals surface area contributed by atoms with Gasteiger partial charge in [0.05, 0.1) is 6.04 Å². The highest BCUT2D eigenvalue weighted by Gasteiger charge is 2.22. The van der Waals surface area contributed by atoms with Gasteiger partial charge in [-0.05, 0) is 43.6 Å². The number of amides is 1. The Balaban J connectivity index is 1.52. The number of anilines is 1. The van der Waals surface area contributed by atoms with Crippen molar-refractivity contribution in [1.82, 2.24) is 10.2 Å². The fourth-order valence-corrected chi connectivity index (χ4v) is 3.98. The molecule has 0 aromatic heterocycles. The van der Waals surface area contributed by atoms with Crippen LogP contribution in [0.25, 0.3) is 0 Å². The number of benzene rings is 1. The van der Waals surface area contributed by atoms with Crippen molar-refractivity contribution in [2.24, 2.45) is 0 Å². The van der Waals surface area contributed by atoms with Crippen LogP contribution in [-0.4, -0.2) is 41.6 Å². The van der Waals surface area contributed by atoms with Crippen molar-refractivity contribution >= 4 is 23.4 Å². The fourth-order valence-electron chi connectivity index (χ4n) is 3.04. The van der Waals surface area contributed by atoms with Gasteiger partial charge in [-0.3, -0.25) is 15.0 Å². The first-order valence-corrected chi connectivity index (χ1v) is 9.40. The molecule has 2 N–H and O–H groups in total. The largest absolute Gasteiger partial charge is 0.325 e. The molecule has 0 saturated carbocycles. The molecule has 5 heteroatoms.